The van der Waals surface area contributed by atoms with Crippen molar-refractivity contribution in [1.29, 1.82) is 0 Å². The van der Waals surface area contributed by atoms with Crippen molar-refractivity contribution in [2.24, 2.45) is 0 Å². The maximum Gasteiger partial charge on any atom is 0.338 e. The number of rotatable bonds is 7. The molecule has 31 heavy (non-hydrogen) atoms. The van der Waals surface area contributed by atoms with E-state index in [1.165, 1.54) is 25.3 Å². The first-order valence-corrected chi connectivity index (χ1v) is 10.6. The van der Waals surface area contributed by atoms with Gasteiger partial charge >= 0.3 is 5.97 Å². The summed E-state index contributed by atoms with van der Waals surface area (Å²) in [5.74, 6) is 0.132. The van der Waals surface area contributed by atoms with Crippen LogP contribution >= 0.6 is 11.8 Å². The van der Waals surface area contributed by atoms with E-state index in [1.807, 2.05) is 24.3 Å². The zero-order chi connectivity index (χ0) is 22.4. The third-order valence-corrected chi connectivity index (χ3v) is 6.03. The molecule has 0 spiro atoms. The van der Waals surface area contributed by atoms with Gasteiger partial charge in [-0.1, -0.05) is 12.1 Å². The molecule has 0 atom stereocenters. The van der Waals surface area contributed by atoms with Crippen LogP contribution in [0.25, 0.3) is 0 Å². The number of anilines is 1. The molecular weight excluding hydrogens is 422 g/mol. The van der Waals surface area contributed by atoms with Crippen LogP contribution in [-0.4, -0.2) is 67.9 Å². The first kappa shape index (κ1) is 22.4. The molecule has 0 aromatic heterocycles. The van der Waals surface area contributed by atoms with Crippen LogP contribution in [0.5, 0.6) is 5.75 Å². The van der Waals surface area contributed by atoms with Crippen molar-refractivity contribution in [3.63, 3.8) is 0 Å². The lowest BCUT2D eigenvalue weighted by Crippen LogP contribution is -2.49. The van der Waals surface area contributed by atoms with Gasteiger partial charge in [0.05, 0.1) is 41.0 Å². The minimum atomic E-state index is -0.649. The second-order valence-electron chi connectivity index (χ2n) is 6.76. The zero-order valence-electron chi connectivity index (χ0n) is 17.3. The van der Waals surface area contributed by atoms with Gasteiger partial charge in [-0.05, 0) is 24.3 Å². The van der Waals surface area contributed by atoms with Gasteiger partial charge in [0, 0.05) is 32.2 Å². The van der Waals surface area contributed by atoms with Gasteiger partial charge in [-0.25, -0.2) is 4.79 Å². The van der Waals surface area contributed by atoms with E-state index in [4.69, 9.17) is 4.74 Å². The van der Waals surface area contributed by atoms with E-state index in [9.17, 15) is 19.7 Å². The molecule has 1 heterocycles. The first-order chi connectivity index (χ1) is 14.9. The molecule has 1 aliphatic rings. The molecule has 10 heteroatoms. The number of hydrogen-bond donors (Lipinski definition) is 0. The number of piperazine rings is 1. The summed E-state index contributed by atoms with van der Waals surface area (Å²) in [6, 6.07) is 11.9. The lowest BCUT2D eigenvalue weighted by Gasteiger charge is -2.36. The highest BCUT2D eigenvalue weighted by molar-refractivity contribution is 8.00. The van der Waals surface area contributed by atoms with Gasteiger partial charge in [0.1, 0.15) is 5.75 Å². The second kappa shape index (κ2) is 10.2. The van der Waals surface area contributed by atoms with Crippen molar-refractivity contribution < 1.29 is 24.0 Å². The number of benzene rings is 2. The Morgan fingerprint density at radius 2 is 1.81 bits per heavy atom. The normalized spacial score (nSPS) is 13.6. The van der Waals surface area contributed by atoms with Crippen LogP contribution in [-0.2, 0) is 9.53 Å². The van der Waals surface area contributed by atoms with Crippen molar-refractivity contribution in [1.82, 2.24) is 4.90 Å². The van der Waals surface area contributed by atoms with Crippen molar-refractivity contribution in [2.45, 2.75) is 4.90 Å². The number of esters is 1. The van der Waals surface area contributed by atoms with Gasteiger partial charge in [0.15, 0.2) is 0 Å². The Labute approximate surface area is 184 Å². The predicted octanol–water partition coefficient (Wildman–Crippen LogP) is 2.83. The highest BCUT2D eigenvalue weighted by atomic mass is 32.2. The largest absolute Gasteiger partial charge is 0.495 e. The number of nitro groups is 1. The van der Waals surface area contributed by atoms with Crippen molar-refractivity contribution >= 4 is 35.0 Å². The van der Waals surface area contributed by atoms with Crippen molar-refractivity contribution in [3.05, 3.63) is 58.1 Å². The Hall–Kier alpha value is -3.27. The molecule has 164 valence electrons. The SMILES string of the molecule is COC(=O)c1ccc(SCC(=O)N2CCN(c3ccccc3OC)CC2)c([N+](=O)[O-])c1. The van der Waals surface area contributed by atoms with E-state index >= 15 is 0 Å². The molecule has 0 saturated carbocycles. The van der Waals surface area contributed by atoms with E-state index < -0.39 is 10.9 Å². The summed E-state index contributed by atoms with van der Waals surface area (Å²) in [6.45, 7) is 2.46. The number of methoxy groups -OCH3 is 2. The zero-order valence-corrected chi connectivity index (χ0v) is 18.1. The summed E-state index contributed by atoms with van der Waals surface area (Å²) in [4.78, 5) is 39.4. The molecule has 1 amide bonds. The lowest BCUT2D eigenvalue weighted by atomic mass is 10.2. The van der Waals surface area contributed by atoms with Crippen LogP contribution in [0.3, 0.4) is 0 Å². The third kappa shape index (κ3) is 5.26. The molecule has 9 nitrogen and oxygen atoms in total. The standard InChI is InChI=1S/C21H23N3O6S/c1-29-18-6-4-3-5-16(18)22-9-11-23(12-10-22)20(25)14-31-19-8-7-15(21(26)30-2)13-17(19)24(27)28/h3-8,13H,9-12,14H2,1-2H3. The number of carbonyl (C=O) groups is 2. The number of carbonyl (C=O) groups excluding carboxylic acids is 2. The molecule has 3 rings (SSSR count). The van der Waals surface area contributed by atoms with Gasteiger partial charge in [-0.2, -0.15) is 0 Å². The number of nitro benzene ring substituents is 1. The van der Waals surface area contributed by atoms with Gasteiger partial charge in [-0.3, -0.25) is 14.9 Å². The summed E-state index contributed by atoms with van der Waals surface area (Å²) in [5.41, 5.74) is 0.867. The number of para-hydroxylation sites is 2. The minimum absolute atomic E-state index is 0.0765. The van der Waals surface area contributed by atoms with E-state index in [0.717, 1.165) is 23.2 Å². The number of amides is 1. The maximum absolute atomic E-state index is 12.7. The van der Waals surface area contributed by atoms with Crippen molar-refractivity contribution in [3.8, 4) is 5.75 Å². The quantitative estimate of drug-likeness (QED) is 0.277. The third-order valence-electron chi connectivity index (χ3n) is 4.99. The second-order valence-corrected chi connectivity index (χ2v) is 7.78. The van der Waals surface area contributed by atoms with Crippen LogP contribution in [0.2, 0.25) is 0 Å². The molecule has 1 saturated heterocycles. The molecule has 1 aliphatic heterocycles. The van der Waals surface area contributed by atoms with Crippen LogP contribution < -0.4 is 9.64 Å². The van der Waals surface area contributed by atoms with Gasteiger partial charge in [0.25, 0.3) is 5.69 Å². The number of hydrogen-bond acceptors (Lipinski definition) is 8. The van der Waals surface area contributed by atoms with Crippen molar-refractivity contribution in [2.75, 3.05) is 51.1 Å². The Balaban J connectivity index is 1.59. The highest BCUT2D eigenvalue weighted by Crippen LogP contribution is 2.31. The minimum Gasteiger partial charge on any atom is -0.495 e. The van der Waals surface area contributed by atoms with Gasteiger partial charge in [-0.15, -0.1) is 11.8 Å². The lowest BCUT2D eigenvalue weighted by molar-refractivity contribution is -0.387. The Morgan fingerprint density at radius 1 is 1.10 bits per heavy atom. The van der Waals surface area contributed by atoms with Crippen LogP contribution in [0.15, 0.2) is 47.4 Å². The smallest absolute Gasteiger partial charge is 0.338 e. The fourth-order valence-corrected chi connectivity index (χ4v) is 4.25. The summed E-state index contributed by atoms with van der Waals surface area (Å²) in [7, 11) is 2.84. The molecule has 0 radical (unpaired) electrons. The summed E-state index contributed by atoms with van der Waals surface area (Å²) >= 11 is 1.09. The average molecular weight is 445 g/mol. The maximum atomic E-state index is 12.7. The molecule has 0 unspecified atom stereocenters. The molecule has 0 bridgehead atoms. The molecule has 2 aromatic carbocycles. The first-order valence-electron chi connectivity index (χ1n) is 9.60. The Kier molecular flexibility index (Phi) is 7.35. The number of nitrogens with zero attached hydrogens (tertiary/aromatic N) is 3. The topological polar surface area (TPSA) is 102 Å². The van der Waals surface area contributed by atoms with Crippen LogP contribution in [0.1, 0.15) is 10.4 Å². The van der Waals surface area contributed by atoms with Gasteiger partial charge in [0.2, 0.25) is 5.91 Å². The monoisotopic (exact) mass is 445 g/mol. The molecule has 2 aromatic rings. The molecule has 1 fully saturated rings. The summed E-state index contributed by atoms with van der Waals surface area (Å²) in [5, 5.41) is 11.4. The highest BCUT2D eigenvalue weighted by Gasteiger charge is 2.24. The Bertz CT molecular complexity index is 975. The van der Waals surface area contributed by atoms with Crippen LogP contribution in [0, 0.1) is 10.1 Å². The predicted molar refractivity (Wildman–Crippen MR) is 117 cm³/mol. The Morgan fingerprint density at radius 3 is 2.45 bits per heavy atom. The number of ether oxygens (including phenoxy) is 2. The number of thioether (sulfide) groups is 1. The van der Waals surface area contributed by atoms with E-state index in [-0.39, 0.29) is 22.9 Å². The van der Waals surface area contributed by atoms with E-state index in [1.54, 1.807) is 12.0 Å². The van der Waals surface area contributed by atoms with Gasteiger partial charge < -0.3 is 19.3 Å². The van der Waals surface area contributed by atoms with Crippen LogP contribution in [0.4, 0.5) is 11.4 Å². The van der Waals surface area contributed by atoms with E-state index in [2.05, 4.69) is 9.64 Å². The van der Waals surface area contributed by atoms with E-state index in [0.29, 0.717) is 31.1 Å². The molecule has 0 N–H and O–H groups in total. The molecular formula is C21H23N3O6S. The average Bonchev–Trinajstić information content (AvgIpc) is 2.81. The fourth-order valence-electron chi connectivity index (χ4n) is 3.35. The fraction of sp³-hybridized carbons (Fsp3) is 0.333. The molecule has 0 aliphatic carbocycles. The summed E-state index contributed by atoms with van der Waals surface area (Å²) < 4.78 is 10.0. The summed E-state index contributed by atoms with van der Waals surface area (Å²) in [6.07, 6.45) is 0.